The third-order valence-electron chi connectivity index (χ3n) is 3.08. The highest BCUT2D eigenvalue weighted by Crippen LogP contribution is 2.73. The molecule has 0 rings (SSSR count). The molecule has 0 saturated heterocycles. The molecule has 0 heterocycles. The predicted molar refractivity (Wildman–Crippen MR) is 155 cm³/mol. The van der Waals surface area contributed by atoms with E-state index in [1.54, 1.807) is 0 Å². The molecule has 0 spiro atoms. The zero-order valence-electron chi connectivity index (χ0n) is 13.8. The van der Waals surface area contributed by atoms with Crippen molar-refractivity contribution in [3.05, 3.63) is 0 Å². The standard InChI is InChI=1S/C9Cl20.H2O3S/c10-1(11,2(12,13)4(16,17)6(20,21)8(24,25)26)3(14,15)5(18,19)7(22,23)9(27,28)29;1-4(2)3/h;4H,(H,1,2,3). The lowest BCUT2D eigenvalue weighted by molar-refractivity contribution is 0.452. The van der Waals surface area contributed by atoms with Crippen LogP contribution in [-0.2, 0) is 11.0 Å². The van der Waals surface area contributed by atoms with Crippen LogP contribution in [0.25, 0.3) is 0 Å². The summed E-state index contributed by atoms with van der Waals surface area (Å²) in [5.74, 6) is 0. The van der Waals surface area contributed by atoms with Crippen LogP contribution < -0.4 is 0 Å². The Balaban J connectivity index is 0. The van der Waals surface area contributed by atoms with Gasteiger partial charge in [-0.25, -0.2) is 8.42 Å². The van der Waals surface area contributed by atoms with E-state index in [4.69, 9.17) is 245 Å². The Bertz CT molecular complexity index is 698. The van der Waals surface area contributed by atoms with Gasteiger partial charge in [-0.3, -0.25) is 4.55 Å². The largest absolute Gasteiger partial charge is 0.288 e. The van der Waals surface area contributed by atoms with Gasteiger partial charge in [-0.15, -0.1) is 0 Å². The Morgan fingerprint density at radius 3 is 0.515 bits per heavy atom. The molecule has 0 amide bonds. The fraction of sp³-hybridized carbons (Fsp3) is 1.00. The lowest BCUT2D eigenvalue weighted by Crippen LogP contribution is -2.71. The molecule has 0 aromatic rings. The van der Waals surface area contributed by atoms with Gasteiger partial charge in [-0.2, -0.15) is 0 Å². The molecule has 202 valence electrons. The van der Waals surface area contributed by atoms with Crippen LogP contribution in [0.1, 0.15) is 0 Å². The molecular formula is C9H2Cl20O3S. The molecule has 0 fully saturated rings. The van der Waals surface area contributed by atoms with Gasteiger partial charge in [0.15, 0.2) is 21.7 Å². The molecule has 0 aromatic carbocycles. The van der Waals surface area contributed by atoms with E-state index in [9.17, 15) is 0 Å². The minimum absolute atomic E-state index is 2.64. The number of thiol groups is 1. The topological polar surface area (TPSA) is 54.4 Å². The van der Waals surface area contributed by atoms with Crippen molar-refractivity contribution in [1.82, 2.24) is 0 Å². The van der Waals surface area contributed by atoms with Gasteiger partial charge in [-0.1, -0.05) is 232 Å². The Hall–Kier alpha value is 5.71. The zero-order chi connectivity index (χ0) is 28.1. The quantitative estimate of drug-likeness (QED) is 0.159. The molecule has 0 saturated carbocycles. The summed E-state index contributed by atoms with van der Waals surface area (Å²) >= 11 is 120. The van der Waals surface area contributed by atoms with Gasteiger partial charge < -0.3 is 0 Å². The Morgan fingerprint density at radius 2 is 0.424 bits per heavy atom. The van der Waals surface area contributed by atoms with Crippen molar-refractivity contribution < 1.29 is 13.0 Å². The van der Waals surface area contributed by atoms with Crippen LogP contribution in [0.4, 0.5) is 0 Å². The third kappa shape index (κ3) is 7.96. The third-order valence-corrected chi connectivity index (χ3v) is 16.2. The molecule has 3 nitrogen and oxygen atoms in total. The molecule has 0 aromatic heterocycles. The van der Waals surface area contributed by atoms with E-state index in [1.165, 1.54) is 0 Å². The van der Waals surface area contributed by atoms with Crippen LogP contribution in [0.5, 0.6) is 0 Å². The van der Waals surface area contributed by atoms with Crippen molar-refractivity contribution in [1.29, 1.82) is 0 Å². The second-order valence-corrected chi connectivity index (χ2v) is 19.6. The van der Waals surface area contributed by atoms with Gasteiger partial charge in [0, 0.05) is 0 Å². The van der Waals surface area contributed by atoms with Crippen molar-refractivity contribution in [2.75, 3.05) is 0 Å². The highest BCUT2D eigenvalue weighted by Gasteiger charge is 2.82. The SMILES string of the molecule is ClC(Cl)(Cl)C(Cl)(Cl)C(Cl)(Cl)C(Cl)(Cl)C(Cl)(Cl)C(Cl)(Cl)C(Cl)(Cl)C(Cl)(Cl)C(Cl)(Cl)Cl.O=[SH](=O)O. The minimum Gasteiger partial charge on any atom is -0.288 e. The normalized spacial score (nSPS) is 15.9. The van der Waals surface area contributed by atoms with Crippen LogP contribution in [0, 0.1) is 0 Å². The van der Waals surface area contributed by atoms with Gasteiger partial charge in [-0.05, 0) is 0 Å². The first-order chi connectivity index (χ1) is 13.7. The van der Waals surface area contributed by atoms with Gasteiger partial charge in [0.05, 0.1) is 0 Å². The first-order valence-corrected chi connectivity index (χ1v) is 15.0. The molecule has 0 bridgehead atoms. The number of hydrogen-bond acceptors (Lipinski definition) is 2. The second kappa shape index (κ2) is 12.9. The van der Waals surface area contributed by atoms with E-state index >= 15 is 0 Å². The summed E-state index contributed by atoms with van der Waals surface area (Å²) in [5.41, 5.74) is 0. The maximum Gasteiger partial charge on any atom is 0.254 e. The molecule has 33 heavy (non-hydrogen) atoms. The van der Waals surface area contributed by atoms with Gasteiger partial charge in [0.25, 0.3) is 11.0 Å². The van der Waals surface area contributed by atoms with Crippen molar-refractivity contribution in [3.63, 3.8) is 0 Å². The molecule has 1 N–H and O–H groups in total. The fourth-order valence-electron chi connectivity index (χ4n) is 1.34. The Morgan fingerprint density at radius 1 is 0.333 bits per heavy atom. The molecule has 0 aliphatic heterocycles. The van der Waals surface area contributed by atoms with Crippen LogP contribution in [0.15, 0.2) is 0 Å². The van der Waals surface area contributed by atoms with Crippen molar-refractivity contribution in [3.8, 4) is 0 Å². The minimum atomic E-state index is -3.12. The summed E-state index contributed by atoms with van der Waals surface area (Å²) in [6.45, 7) is 0. The van der Waals surface area contributed by atoms with E-state index in [0.29, 0.717) is 0 Å². The average Bonchev–Trinajstić information content (AvgIpc) is 2.50. The molecule has 0 atom stereocenters. The Labute approximate surface area is 289 Å². The monoisotopic (exact) mass is 889 g/mol. The van der Waals surface area contributed by atoms with Crippen LogP contribution in [-0.4, -0.2) is 50.9 Å². The van der Waals surface area contributed by atoms with Gasteiger partial charge >= 0.3 is 0 Å². The first-order valence-electron chi connectivity index (χ1n) is 6.34. The van der Waals surface area contributed by atoms with Crippen LogP contribution >= 0.6 is 232 Å². The van der Waals surface area contributed by atoms with Crippen molar-refractivity contribution in [2.24, 2.45) is 0 Å². The van der Waals surface area contributed by atoms with E-state index in [-0.39, 0.29) is 0 Å². The maximum atomic E-state index is 8.59. The van der Waals surface area contributed by atoms with Gasteiger partial charge in [0.2, 0.25) is 16.3 Å². The van der Waals surface area contributed by atoms with E-state index < -0.39 is 48.9 Å². The summed E-state index contributed by atoms with van der Waals surface area (Å²) in [4.78, 5) is 0. The second-order valence-electron chi connectivity index (χ2n) is 5.25. The highest BCUT2D eigenvalue weighted by atomic mass is 35.6. The molecule has 0 radical (unpaired) electrons. The number of hydrogen-bond donors (Lipinski definition) is 2. The van der Waals surface area contributed by atoms with Gasteiger partial charge in [0.1, 0.15) is 0 Å². The zero-order valence-corrected chi connectivity index (χ0v) is 29.8. The van der Waals surface area contributed by atoms with Crippen molar-refractivity contribution >= 4 is 243 Å². The highest BCUT2D eigenvalue weighted by molar-refractivity contribution is 7.66. The van der Waals surface area contributed by atoms with Crippen LogP contribution in [0.2, 0.25) is 0 Å². The number of alkyl halides is 20. The summed E-state index contributed by atoms with van der Waals surface area (Å²) in [5, 5.41) is 0. The smallest absolute Gasteiger partial charge is 0.254 e. The average molecular weight is 899 g/mol. The number of halogens is 20. The van der Waals surface area contributed by atoms with E-state index in [1.807, 2.05) is 0 Å². The van der Waals surface area contributed by atoms with Crippen LogP contribution in [0.3, 0.4) is 0 Å². The van der Waals surface area contributed by atoms with E-state index in [2.05, 4.69) is 0 Å². The summed E-state index contributed by atoms with van der Waals surface area (Å²) in [7, 11) is -3.12. The molecule has 0 aliphatic rings. The number of rotatable bonds is 6. The summed E-state index contributed by atoms with van der Waals surface area (Å²) in [6.07, 6.45) is 0. The molecular weight excluding hydrogens is 897 g/mol. The molecule has 24 heteroatoms. The lowest BCUT2D eigenvalue weighted by atomic mass is 10.0. The fourth-order valence-corrected chi connectivity index (χ4v) is 7.14. The predicted octanol–water partition coefficient (Wildman–Crippen LogP) is 11.0. The Kier molecular flexibility index (Phi) is 16.0. The molecule has 0 aliphatic carbocycles. The molecule has 0 unspecified atom stereocenters. The lowest BCUT2D eigenvalue weighted by Gasteiger charge is -2.54. The summed E-state index contributed by atoms with van der Waals surface area (Å²) in [6, 6.07) is 0. The summed E-state index contributed by atoms with van der Waals surface area (Å²) < 4.78 is -1.96. The van der Waals surface area contributed by atoms with E-state index in [0.717, 1.165) is 0 Å². The first kappa shape index (κ1) is 40.8. The van der Waals surface area contributed by atoms with Crippen molar-refractivity contribution in [2.45, 2.75) is 37.9 Å². The maximum absolute atomic E-state index is 8.59.